The number of amides is 2. The van der Waals surface area contributed by atoms with Crippen molar-refractivity contribution in [3.8, 4) is 0 Å². The molecule has 6 heteroatoms. The minimum absolute atomic E-state index is 0.0459. The molecule has 0 saturated carbocycles. The van der Waals surface area contributed by atoms with Gasteiger partial charge in [-0.2, -0.15) is 0 Å². The van der Waals surface area contributed by atoms with Crippen LogP contribution in [0.25, 0.3) is 0 Å². The van der Waals surface area contributed by atoms with Crippen molar-refractivity contribution in [2.45, 2.75) is 32.6 Å². The largest absolute Gasteiger partial charge is 0.448 e. The fourth-order valence-corrected chi connectivity index (χ4v) is 2.47. The smallest absolute Gasteiger partial charge is 0.404 e. The van der Waals surface area contributed by atoms with Gasteiger partial charge in [0.2, 0.25) is 5.91 Å². The standard InChI is InChI=1S/C12H23N3O3/c1-2-4-12(5-3-6-14-9-12)10(16)15-7-8-18-11(13)17/h14H,2-9H2,1H3,(H2,13,17)(H,15,16). The Hall–Kier alpha value is -1.30. The molecule has 18 heavy (non-hydrogen) atoms. The number of primary amides is 1. The topological polar surface area (TPSA) is 93.4 Å². The van der Waals surface area contributed by atoms with E-state index in [4.69, 9.17) is 5.73 Å². The Labute approximate surface area is 108 Å². The zero-order valence-electron chi connectivity index (χ0n) is 11.0. The summed E-state index contributed by atoms with van der Waals surface area (Å²) in [5, 5.41) is 6.11. The SMILES string of the molecule is CCCC1(C(=O)NCCOC(N)=O)CCCNC1. The maximum Gasteiger partial charge on any atom is 0.404 e. The molecule has 1 saturated heterocycles. The maximum atomic E-state index is 12.2. The van der Waals surface area contributed by atoms with Crippen LogP contribution in [0.1, 0.15) is 32.6 Å². The van der Waals surface area contributed by atoms with E-state index in [0.717, 1.165) is 38.8 Å². The first-order valence-corrected chi connectivity index (χ1v) is 6.52. The van der Waals surface area contributed by atoms with Gasteiger partial charge in [0.05, 0.1) is 12.0 Å². The van der Waals surface area contributed by atoms with Crippen molar-refractivity contribution in [1.82, 2.24) is 10.6 Å². The van der Waals surface area contributed by atoms with Crippen LogP contribution in [0.5, 0.6) is 0 Å². The third-order valence-electron chi connectivity index (χ3n) is 3.31. The van der Waals surface area contributed by atoms with Gasteiger partial charge in [0.1, 0.15) is 6.61 Å². The summed E-state index contributed by atoms with van der Waals surface area (Å²) in [5.41, 5.74) is 4.54. The van der Waals surface area contributed by atoms with Gasteiger partial charge in [-0.05, 0) is 25.8 Å². The van der Waals surface area contributed by atoms with Crippen LogP contribution in [-0.2, 0) is 9.53 Å². The molecule has 0 spiro atoms. The average Bonchev–Trinajstić information content (AvgIpc) is 2.35. The van der Waals surface area contributed by atoms with E-state index in [-0.39, 0.29) is 17.9 Å². The molecule has 0 aromatic carbocycles. The molecule has 1 fully saturated rings. The highest BCUT2D eigenvalue weighted by Gasteiger charge is 2.38. The molecule has 0 aliphatic carbocycles. The van der Waals surface area contributed by atoms with Crippen molar-refractivity contribution in [1.29, 1.82) is 0 Å². The maximum absolute atomic E-state index is 12.2. The Balaban J connectivity index is 2.42. The molecule has 1 heterocycles. The number of rotatable bonds is 6. The van der Waals surface area contributed by atoms with Crippen molar-refractivity contribution in [3.05, 3.63) is 0 Å². The van der Waals surface area contributed by atoms with Crippen LogP contribution in [0.4, 0.5) is 4.79 Å². The highest BCUT2D eigenvalue weighted by Crippen LogP contribution is 2.31. The Bertz CT molecular complexity index is 283. The summed E-state index contributed by atoms with van der Waals surface area (Å²) in [7, 11) is 0. The second kappa shape index (κ2) is 7.20. The van der Waals surface area contributed by atoms with E-state index in [1.54, 1.807) is 0 Å². The van der Waals surface area contributed by atoms with Gasteiger partial charge in [-0.1, -0.05) is 13.3 Å². The number of carbonyl (C=O) groups is 2. The Morgan fingerprint density at radius 3 is 2.83 bits per heavy atom. The summed E-state index contributed by atoms with van der Waals surface area (Å²) < 4.78 is 4.58. The lowest BCUT2D eigenvalue weighted by Crippen LogP contribution is -2.51. The Morgan fingerprint density at radius 1 is 1.50 bits per heavy atom. The van der Waals surface area contributed by atoms with E-state index in [1.165, 1.54) is 0 Å². The molecular formula is C12H23N3O3. The Kier molecular flexibility index (Phi) is 5.91. The molecule has 2 amide bonds. The molecule has 4 N–H and O–H groups in total. The van der Waals surface area contributed by atoms with E-state index >= 15 is 0 Å². The lowest BCUT2D eigenvalue weighted by molar-refractivity contribution is -0.132. The quantitative estimate of drug-likeness (QED) is 0.599. The van der Waals surface area contributed by atoms with Gasteiger partial charge >= 0.3 is 6.09 Å². The number of hydrogen-bond donors (Lipinski definition) is 3. The van der Waals surface area contributed by atoms with Crippen molar-refractivity contribution in [2.24, 2.45) is 11.1 Å². The molecule has 1 aliphatic heterocycles. The van der Waals surface area contributed by atoms with Gasteiger partial charge in [-0.3, -0.25) is 4.79 Å². The molecule has 0 aromatic heterocycles. The second-order valence-corrected chi connectivity index (χ2v) is 4.73. The van der Waals surface area contributed by atoms with Gasteiger partial charge in [-0.15, -0.1) is 0 Å². The average molecular weight is 257 g/mol. The van der Waals surface area contributed by atoms with Gasteiger partial charge in [0, 0.05) is 6.54 Å². The summed E-state index contributed by atoms with van der Waals surface area (Å²) >= 11 is 0. The van der Waals surface area contributed by atoms with Crippen molar-refractivity contribution in [2.75, 3.05) is 26.2 Å². The van der Waals surface area contributed by atoms with Gasteiger partial charge in [0.15, 0.2) is 0 Å². The van der Waals surface area contributed by atoms with Crippen LogP contribution < -0.4 is 16.4 Å². The first-order chi connectivity index (χ1) is 8.60. The molecule has 104 valence electrons. The van der Waals surface area contributed by atoms with E-state index < -0.39 is 6.09 Å². The lowest BCUT2D eigenvalue weighted by atomic mass is 9.76. The normalized spacial score (nSPS) is 23.4. The van der Waals surface area contributed by atoms with Crippen LogP contribution in [0, 0.1) is 5.41 Å². The van der Waals surface area contributed by atoms with Gasteiger partial charge in [0.25, 0.3) is 0 Å². The highest BCUT2D eigenvalue weighted by atomic mass is 16.5. The monoisotopic (exact) mass is 257 g/mol. The van der Waals surface area contributed by atoms with Crippen molar-refractivity contribution >= 4 is 12.0 Å². The Morgan fingerprint density at radius 2 is 2.28 bits per heavy atom. The van der Waals surface area contributed by atoms with Gasteiger partial charge < -0.3 is 21.1 Å². The van der Waals surface area contributed by atoms with Crippen molar-refractivity contribution in [3.63, 3.8) is 0 Å². The fourth-order valence-electron chi connectivity index (χ4n) is 2.47. The third kappa shape index (κ3) is 4.18. The minimum atomic E-state index is -0.813. The van der Waals surface area contributed by atoms with E-state index in [2.05, 4.69) is 22.3 Å². The summed E-state index contributed by atoms with van der Waals surface area (Å²) in [5.74, 6) is 0.0459. The highest BCUT2D eigenvalue weighted by molar-refractivity contribution is 5.83. The zero-order valence-corrected chi connectivity index (χ0v) is 11.0. The third-order valence-corrected chi connectivity index (χ3v) is 3.31. The van der Waals surface area contributed by atoms with Crippen molar-refractivity contribution < 1.29 is 14.3 Å². The van der Waals surface area contributed by atoms with E-state index in [1.807, 2.05) is 0 Å². The molecule has 6 nitrogen and oxygen atoms in total. The van der Waals surface area contributed by atoms with Crippen LogP contribution in [-0.4, -0.2) is 38.2 Å². The molecule has 0 aromatic rings. The molecule has 0 bridgehead atoms. The summed E-state index contributed by atoms with van der Waals surface area (Å²) in [6, 6.07) is 0. The zero-order chi connectivity index (χ0) is 13.4. The molecule has 1 atom stereocenters. The van der Waals surface area contributed by atoms with Crippen LogP contribution >= 0.6 is 0 Å². The lowest BCUT2D eigenvalue weighted by Gasteiger charge is -2.36. The number of ether oxygens (including phenoxy) is 1. The van der Waals surface area contributed by atoms with Gasteiger partial charge in [-0.25, -0.2) is 4.79 Å². The number of nitrogens with one attached hydrogen (secondary N) is 2. The summed E-state index contributed by atoms with van der Waals surface area (Å²) in [4.78, 5) is 22.6. The number of carbonyl (C=O) groups excluding carboxylic acids is 2. The summed E-state index contributed by atoms with van der Waals surface area (Å²) in [6.07, 6.45) is 2.98. The predicted octanol–water partition coefficient (Wildman–Crippen LogP) is 0.368. The number of piperidine rings is 1. The van der Waals surface area contributed by atoms with Crippen LogP contribution in [0.15, 0.2) is 0 Å². The molecule has 1 rings (SSSR count). The predicted molar refractivity (Wildman–Crippen MR) is 68.0 cm³/mol. The molecule has 0 radical (unpaired) electrons. The number of hydrogen-bond acceptors (Lipinski definition) is 4. The number of nitrogens with two attached hydrogens (primary N) is 1. The summed E-state index contributed by atoms with van der Waals surface area (Å²) in [6.45, 7) is 4.22. The molecular weight excluding hydrogens is 234 g/mol. The first kappa shape index (κ1) is 14.8. The minimum Gasteiger partial charge on any atom is -0.448 e. The fraction of sp³-hybridized carbons (Fsp3) is 0.833. The van der Waals surface area contributed by atoms with Crippen LogP contribution in [0.2, 0.25) is 0 Å². The van der Waals surface area contributed by atoms with E-state index in [0.29, 0.717) is 6.54 Å². The van der Waals surface area contributed by atoms with Crippen LogP contribution in [0.3, 0.4) is 0 Å². The second-order valence-electron chi connectivity index (χ2n) is 4.73. The van der Waals surface area contributed by atoms with E-state index in [9.17, 15) is 9.59 Å². The molecule has 1 unspecified atom stereocenters. The first-order valence-electron chi connectivity index (χ1n) is 6.52. The molecule has 1 aliphatic rings.